The minimum Gasteiger partial charge on any atom is -0.502 e. The van der Waals surface area contributed by atoms with Crippen molar-refractivity contribution in [1.82, 2.24) is 9.78 Å². The van der Waals surface area contributed by atoms with Crippen molar-refractivity contribution in [2.24, 2.45) is 7.05 Å². The summed E-state index contributed by atoms with van der Waals surface area (Å²) >= 11 is 0. The van der Waals surface area contributed by atoms with Gasteiger partial charge in [0.2, 0.25) is 0 Å². The fourth-order valence-corrected chi connectivity index (χ4v) is 1.45. The maximum atomic E-state index is 10.7. The molecule has 2 rings (SSSR count). The highest BCUT2D eigenvalue weighted by molar-refractivity contribution is 5.67. The number of hydrogen-bond donors (Lipinski definition) is 2. The van der Waals surface area contributed by atoms with Crippen LogP contribution in [0.15, 0.2) is 24.3 Å². The van der Waals surface area contributed by atoms with Crippen molar-refractivity contribution in [3.05, 3.63) is 34.4 Å². The third kappa shape index (κ3) is 1.89. The van der Waals surface area contributed by atoms with Crippen molar-refractivity contribution >= 4 is 11.5 Å². The Morgan fingerprint density at radius 2 is 2.18 bits per heavy atom. The number of phenolic OH excluding ortho intramolecular Hbond substituents is 1. The van der Waals surface area contributed by atoms with Gasteiger partial charge < -0.3 is 10.8 Å². The van der Waals surface area contributed by atoms with Crippen LogP contribution in [0.1, 0.15) is 0 Å². The largest absolute Gasteiger partial charge is 0.502 e. The van der Waals surface area contributed by atoms with E-state index in [0.29, 0.717) is 17.1 Å². The molecule has 1 aromatic heterocycles. The third-order valence-corrected chi connectivity index (χ3v) is 2.38. The smallest absolute Gasteiger partial charge is 0.311 e. The van der Waals surface area contributed by atoms with Crippen LogP contribution >= 0.6 is 0 Å². The Labute approximate surface area is 96.2 Å². The fourth-order valence-electron chi connectivity index (χ4n) is 1.45. The van der Waals surface area contributed by atoms with Gasteiger partial charge in [-0.3, -0.25) is 14.8 Å². The summed E-state index contributed by atoms with van der Waals surface area (Å²) in [4.78, 5) is 10.0. The maximum Gasteiger partial charge on any atom is 0.311 e. The molecule has 7 nitrogen and oxygen atoms in total. The van der Waals surface area contributed by atoms with Crippen molar-refractivity contribution < 1.29 is 10.0 Å². The summed E-state index contributed by atoms with van der Waals surface area (Å²) in [6.07, 6.45) is 0. The number of nitrogens with zero attached hydrogens (tertiary/aromatic N) is 3. The van der Waals surface area contributed by atoms with Crippen LogP contribution in [0.4, 0.5) is 11.5 Å². The Balaban J connectivity index is 2.53. The minimum atomic E-state index is -0.648. The number of benzene rings is 1. The molecular weight excluding hydrogens is 224 g/mol. The molecule has 3 N–H and O–H groups in total. The average molecular weight is 234 g/mol. The van der Waals surface area contributed by atoms with Crippen LogP contribution < -0.4 is 5.73 Å². The van der Waals surface area contributed by atoms with E-state index in [-0.39, 0.29) is 11.4 Å². The van der Waals surface area contributed by atoms with Crippen LogP contribution in [0.5, 0.6) is 5.75 Å². The Kier molecular flexibility index (Phi) is 2.43. The number of aromatic nitrogens is 2. The lowest BCUT2D eigenvalue weighted by Gasteiger charge is -1.99. The van der Waals surface area contributed by atoms with E-state index in [9.17, 15) is 15.2 Å². The maximum absolute atomic E-state index is 10.7. The third-order valence-electron chi connectivity index (χ3n) is 2.38. The summed E-state index contributed by atoms with van der Waals surface area (Å²) in [5.41, 5.74) is 6.32. The molecule has 0 aliphatic rings. The van der Waals surface area contributed by atoms with Gasteiger partial charge in [0, 0.05) is 24.7 Å². The number of rotatable bonds is 2. The zero-order chi connectivity index (χ0) is 12.6. The van der Waals surface area contributed by atoms with Crippen molar-refractivity contribution in [2.45, 2.75) is 0 Å². The van der Waals surface area contributed by atoms with Gasteiger partial charge in [-0.2, -0.15) is 5.10 Å². The van der Waals surface area contributed by atoms with Gasteiger partial charge in [0.1, 0.15) is 5.82 Å². The van der Waals surface area contributed by atoms with Crippen LogP contribution in [0.3, 0.4) is 0 Å². The van der Waals surface area contributed by atoms with E-state index in [1.807, 2.05) is 0 Å². The number of anilines is 1. The molecule has 2 aromatic rings. The summed E-state index contributed by atoms with van der Waals surface area (Å²) in [7, 11) is 1.67. The monoisotopic (exact) mass is 234 g/mol. The summed E-state index contributed by atoms with van der Waals surface area (Å²) in [6, 6.07) is 5.68. The minimum absolute atomic E-state index is 0.355. The van der Waals surface area contributed by atoms with Crippen LogP contribution in [0.25, 0.3) is 11.3 Å². The van der Waals surface area contributed by atoms with Crippen LogP contribution in [-0.2, 0) is 7.05 Å². The predicted molar refractivity (Wildman–Crippen MR) is 61.4 cm³/mol. The molecule has 0 radical (unpaired) electrons. The standard InChI is InChI=1S/C10H10N4O3/c1-13-10(11)5-7(12-13)6-2-3-9(15)8(4-6)14(16)17/h2-5,15H,11H2,1H3. The van der Waals surface area contributed by atoms with Crippen molar-refractivity contribution in [2.75, 3.05) is 5.73 Å². The molecule has 0 saturated heterocycles. The summed E-state index contributed by atoms with van der Waals surface area (Å²) in [5.74, 6) is 0.0818. The predicted octanol–water partition coefficient (Wildman–Crippen LogP) is 1.28. The van der Waals surface area contributed by atoms with Crippen LogP contribution in [0, 0.1) is 10.1 Å². The fraction of sp³-hybridized carbons (Fsp3) is 0.100. The van der Waals surface area contributed by atoms with E-state index in [1.54, 1.807) is 19.2 Å². The second kappa shape index (κ2) is 3.78. The van der Waals surface area contributed by atoms with E-state index in [1.165, 1.54) is 16.8 Å². The van der Waals surface area contributed by atoms with Crippen molar-refractivity contribution in [3.63, 3.8) is 0 Å². The lowest BCUT2D eigenvalue weighted by Crippen LogP contribution is -1.96. The molecule has 0 unspecified atom stereocenters. The molecule has 7 heteroatoms. The van der Waals surface area contributed by atoms with Gasteiger partial charge in [0.15, 0.2) is 5.75 Å². The van der Waals surface area contributed by atoms with Gasteiger partial charge in [-0.05, 0) is 12.1 Å². The first-order valence-corrected chi connectivity index (χ1v) is 4.76. The molecule has 0 atom stereocenters. The summed E-state index contributed by atoms with van der Waals surface area (Å²) in [6.45, 7) is 0. The Morgan fingerprint density at radius 3 is 2.71 bits per heavy atom. The molecule has 0 spiro atoms. The average Bonchev–Trinajstić information content (AvgIpc) is 2.59. The molecule has 0 bridgehead atoms. The first-order valence-electron chi connectivity index (χ1n) is 4.76. The topological polar surface area (TPSA) is 107 Å². The van der Waals surface area contributed by atoms with Crippen LogP contribution in [0.2, 0.25) is 0 Å². The highest BCUT2D eigenvalue weighted by atomic mass is 16.6. The lowest BCUT2D eigenvalue weighted by atomic mass is 10.1. The number of aromatic hydroxyl groups is 1. The van der Waals surface area contributed by atoms with E-state index in [0.717, 1.165) is 0 Å². The van der Waals surface area contributed by atoms with Gasteiger partial charge in [0.25, 0.3) is 0 Å². The molecule has 17 heavy (non-hydrogen) atoms. The normalized spacial score (nSPS) is 10.4. The Bertz CT molecular complexity index is 572. The first-order chi connectivity index (χ1) is 7.99. The second-order valence-electron chi connectivity index (χ2n) is 3.54. The number of hydrogen-bond acceptors (Lipinski definition) is 5. The number of nitrogen functional groups attached to an aromatic ring is 1. The zero-order valence-corrected chi connectivity index (χ0v) is 8.99. The number of nitro groups is 1. The first kappa shape index (κ1) is 10.9. The van der Waals surface area contributed by atoms with Gasteiger partial charge in [-0.15, -0.1) is 0 Å². The van der Waals surface area contributed by atoms with E-state index in [2.05, 4.69) is 5.10 Å². The molecule has 0 amide bonds. The molecule has 0 saturated carbocycles. The van der Waals surface area contributed by atoms with Gasteiger partial charge in [-0.1, -0.05) is 0 Å². The Morgan fingerprint density at radius 1 is 1.47 bits per heavy atom. The second-order valence-corrected chi connectivity index (χ2v) is 3.54. The highest BCUT2D eigenvalue weighted by Crippen LogP contribution is 2.31. The van der Waals surface area contributed by atoms with Crippen molar-refractivity contribution in [3.8, 4) is 17.0 Å². The van der Waals surface area contributed by atoms with Crippen molar-refractivity contribution in [1.29, 1.82) is 0 Å². The molecule has 0 aliphatic carbocycles. The quantitative estimate of drug-likeness (QED) is 0.601. The molecule has 0 aliphatic heterocycles. The molecule has 1 heterocycles. The molecule has 0 fully saturated rings. The zero-order valence-electron chi connectivity index (χ0n) is 8.99. The van der Waals surface area contributed by atoms with E-state index >= 15 is 0 Å². The van der Waals surface area contributed by atoms with Gasteiger partial charge in [-0.25, -0.2) is 0 Å². The number of nitrogens with two attached hydrogens (primary N) is 1. The Hall–Kier alpha value is -2.57. The SMILES string of the molecule is Cn1nc(-c2ccc(O)c([N+](=O)[O-])c2)cc1N. The summed E-state index contributed by atoms with van der Waals surface area (Å²) in [5, 5.41) is 24.1. The van der Waals surface area contributed by atoms with Crippen LogP contribution in [-0.4, -0.2) is 19.8 Å². The molecule has 1 aromatic carbocycles. The number of aryl methyl sites for hydroxylation is 1. The van der Waals surface area contributed by atoms with Gasteiger partial charge in [0.05, 0.1) is 10.6 Å². The summed E-state index contributed by atoms with van der Waals surface area (Å²) < 4.78 is 1.47. The van der Waals surface area contributed by atoms with E-state index in [4.69, 9.17) is 5.73 Å². The number of phenols is 1. The van der Waals surface area contributed by atoms with Gasteiger partial charge >= 0.3 is 5.69 Å². The lowest BCUT2D eigenvalue weighted by molar-refractivity contribution is -0.385. The molecule has 88 valence electrons. The highest BCUT2D eigenvalue weighted by Gasteiger charge is 2.15. The number of nitro benzene ring substituents is 1. The molecular formula is C10H10N4O3. The van der Waals surface area contributed by atoms with E-state index < -0.39 is 4.92 Å².